The maximum atomic E-state index is 13.1. The Hall–Kier alpha value is -2.90. The molecule has 0 spiro atoms. The van der Waals surface area contributed by atoms with E-state index in [2.05, 4.69) is 10.3 Å². The lowest BCUT2D eigenvalue weighted by Gasteiger charge is -2.10. The summed E-state index contributed by atoms with van der Waals surface area (Å²) < 4.78 is 53.8. The monoisotopic (exact) mass is 407 g/mol. The lowest BCUT2D eigenvalue weighted by Crippen LogP contribution is -2.16. The Morgan fingerprint density at radius 1 is 1.14 bits per heavy atom. The van der Waals surface area contributed by atoms with E-state index >= 15 is 0 Å². The number of alkyl halides is 3. The molecule has 0 saturated carbocycles. The third kappa shape index (κ3) is 5.13. The Labute approximate surface area is 165 Å². The molecule has 0 fully saturated rings. The van der Waals surface area contributed by atoms with Gasteiger partial charge in [0.25, 0.3) is 0 Å². The van der Waals surface area contributed by atoms with Crippen molar-refractivity contribution in [1.29, 1.82) is 0 Å². The molecule has 1 N–H and O–H groups in total. The van der Waals surface area contributed by atoms with Gasteiger partial charge in [0, 0.05) is 6.20 Å². The van der Waals surface area contributed by atoms with Crippen LogP contribution in [-0.4, -0.2) is 15.3 Å². The number of halogens is 4. The van der Waals surface area contributed by atoms with E-state index in [1.165, 1.54) is 34.7 Å². The summed E-state index contributed by atoms with van der Waals surface area (Å²) in [7, 11) is 0. The number of hydrogen-bond acceptors (Lipinski definition) is 2. The van der Waals surface area contributed by atoms with E-state index in [-0.39, 0.29) is 18.1 Å². The van der Waals surface area contributed by atoms with Crippen LogP contribution in [0.1, 0.15) is 37.1 Å². The van der Waals surface area contributed by atoms with Gasteiger partial charge in [-0.15, -0.1) is 0 Å². The average molecular weight is 407 g/mol. The van der Waals surface area contributed by atoms with Gasteiger partial charge in [-0.25, -0.2) is 9.37 Å². The quantitative estimate of drug-likeness (QED) is 0.567. The Morgan fingerprint density at radius 3 is 2.45 bits per heavy atom. The molecule has 8 heteroatoms. The molecule has 154 valence electrons. The fourth-order valence-corrected chi connectivity index (χ4v) is 2.99. The smallest absolute Gasteiger partial charge is 0.309 e. The summed E-state index contributed by atoms with van der Waals surface area (Å²) in [6.45, 7) is 4.02. The van der Waals surface area contributed by atoms with Gasteiger partial charge in [0.15, 0.2) is 5.82 Å². The number of carbonyl (C=O) groups is 1. The number of pyridine rings is 1. The standard InChI is InChI=1S/C21H21F4N3O/c1-13(2)3-9-17-20(27-19(29)11-14-4-7-16(22)8-5-14)26-18-10-6-15(12-28(17)18)21(23,24)25/h4-8,10,12-13H,3,9,11H2,1-2H3,(H,27,29). The number of benzene rings is 1. The summed E-state index contributed by atoms with van der Waals surface area (Å²) in [6, 6.07) is 7.80. The van der Waals surface area contributed by atoms with Gasteiger partial charge in [-0.2, -0.15) is 13.2 Å². The number of aryl methyl sites for hydroxylation is 1. The first-order valence-corrected chi connectivity index (χ1v) is 9.26. The molecule has 29 heavy (non-hydrogen) atoms. The molecule has 0 saturated heterocycles. The zero-order valence-electron chi connectivity index (χ0n) is 16.1. The summed E-state index contributed by atoms with van der Waals surface area (Å²) in [4.78, 5) is 16.7. The second-order valence-electron chi connectivity index (χ2n) is 7.33. The van der Waals surface area contributed by atoms with Gasteiger partial charge in [-0.3, -0.25) is 4.79 Å². The molecule has 0 aliphatic heterocycles. The fraction of sp³-hybridized carbons (Fsp3) is 0.333. The minimum atomic E-state index is -4.47. The minimum absolute atomic E-state index is 0.00553. The van der Waals surface area contributed by atoms with Crippen LogP contribution < -0.4 is 5.32 Å². The van der Waals surface area contributed by atoms with Crippen molar-refractivity contribution in [2.75, 3.05) is 5.32 Å². The van der Waals surface area contributed by atoms with E-state index in [4.69, 9.17) is 0 Å². The molecule has 1 amide bonds. The van der Waals surface area contributed by atoms with Crippen LogP contribution in [0.15, 0.2) is 42.6 Å². The van der Waals surface area contributed by atoms with Crippen LogP contribution in [0.4, 0.5) is 23.4 Å². The SMILES string of the molecule is CC(C)CCc1c(NC(=O)Cc2ccc(F)cc2)nc2ccc(C(F)(F)F)cn12. The van der Waals surface area contributed by atoms with Crippen LogP contribution in [0, 0.1) is 11.7 Å². The van der Waals surface area contributed by atoms with Crippen molar-refractivity contribution in [2.24, 2.45) is 5.92 Å². The highest BCUT2D eigenvalue weighted by Crippen LogP contribution is 2.31. The summed E-state index contributed by atoms with van der Waals surface area (Å²) in [5.41, 5.74) is 0.689. The molecule has 0 unspecified atom stereocenters. The summed E-state index contributed by atoms with van der Waals surface area (Å²) in [5, 5.41) is 2.70. The molecule has 4 nitrogen and oxygen atoms in total. The van der Waals surface area contributed by atoms with Crippen molar-refractivity contribution >= 4 is 17.4 Å². The molecule has 0 bridgehead atoms. The van der Waals surface area contributed by atoms with Crippen LogP contribution in [-0.2, 0) is 23.8 Å². The molecule has 0 radical (unpaired) electrons. The molecular formula is C21H21F4N3O. The Kier molecular flexibility index (Phi) is 5.91. The highest BCUT2D eigenvalue weighted by molar-refractivity contribution is 5.92. The van der Waals surface area contributed by atoms with Gasteiger partial charge in [-0.1, -0.05) is 26.0 Å². The van der Waals surface area contributed by atoms with Crippen molar-refractivity contribution in [3.8, 4) is 0 Å². The molecule has 3 rings (SSSR count). The summed E-state index contributed by atoms with van der Waals surface area (Å²) in [6.07, 6.45) is -2.27. The van der Waals surface area contributed by atoms with Gasteiger partial charge in [0.05, 0.1) is 17.7 Å². The van der Waals surface area contributed by atoms with Gasteiger partial charge in [-0.05, 0) is 48.6 Å². The number of nitrogens with zero attached hydrogens (tertiary/aromatic N) is 2. The number of fused-ring (bicyclic) bond motifs is 1. The van der Waals surface area contributed by atoms with Crippen molar-refractivity contribution in [3.63, 3.8) is 0 Å². The summed E-state index contributed by atoms with van der Waals surface area (Å²) >= 11 is 0. The molecule has 2 heterocycles. The van der Waals surface area contributed by atoms with Gasteiger partial charge >= 0.3 is 6.18 Å². The number of amides is 1. The van der Waals surface area contributed by atoms with Crippen LogP contribution in [0.2, 0.25) is 0 Å². The zero-order valence-corrected chi connectivity index (χ0v) is 16.1. The van der Waals surface area contributed by atoms with Gasteiger partial charge in [0.1, 0.15) is 11.5 Å². The first-order valence-electron chi connectivity index (χ1n) is 9.26. The maximum Gasteiger partial charge on any atom is 0.417 e. The van der Waals surface area contributed by atoms with E-state index in [0.29, 0.717) is 29.2 Å². The maximum absolute atomic E-state index is 13.1. The van der Waals surface area contributed by atoms with Crippen LogP contribution >= 0.6 is 0 Å². The number of rotatable bonds is 6. The molecule has 0 atom stereocenters. The van der Waals surface area contributed by atoms with Crippen molar-refractivity contribution < 1.29 is 22.4 Å². The lowest BCUT2D eigenvalue weighted by atomic mass is 10.1. The second kappa shape index (κ2) is 8.23. The first kappa shape index (κ1) is 20.8. The van der Waals surface area contributed by atoms with Crippen molar-refractivity contribution in [3.05, 3.63) is 65.2 Å². The van der Waals surface area contributed by atoms with E-state index < -0.39 is 17.6 Å². The number of imidazole rings is 1. The Bertz CT molecular complexity index is 1010. The van der Waals surface area contributed by atoms with Crippen molar-refractivity contribution in [1.82, 2.24) is 9.38 Å². The van der Waals surface area contributed by atoms with E-state index in [1.54, 1.807) is 0 Å². The average Bonchev–Trinajstić information content (AvgIpc) is 2.97. The topological polar surface area (TPSA) is 46.4 Å². The normalized spacial score (nSPS) is 12.0. The van der Waals surface area contributed by atoms with E-state index in [1.807, 2.05) is 13.8 Å². The highest BCUT2D eigenvalue weighted by atomic mass is 19.4. The van der Waals surface area contributed by atoms with Crippen LogP contribution in [0.25, 0.3) is 5.65 Å². The van der Waals surface area contributed by atoms with Crippen molar-refractivity contribution in [2.45, 2.75) is 39.3 Å². The largest absolute Gasteiger partial charge is 0.417 e. The predicted octanol–water partition coefficient (Wildman–Crippen LogP) is 5.26. The second-order valence-corrected chi connectivity index (χ2v) is 7.33. The Morgan fingerprint density at radius 2 is 1.83 bits per heavy atom. The number of hydrogen-bond donors (Lipinski definition) is 1. The van der Waals surface area contributed by atoms with Gasteiger partial charge in [0.2, 0.25) is 5.91 Å². The zero-order chi connectivity index (χ0) is 21.2. The lowest BCUT2D eigenvalue weighted by molar-refractivity contribution is -0.137. The predicted molar refractivity (Wildman–Crippen MR) is 102 cm³/mol. The van der Waals surface area contributed by atoms with E-state index in [0.717, 1.165) is 18.7 Å². The van der Waals surface area contributed by atoms with Crippen LogP contribution in [0.3, 0.4) is 0 Å². The molecular weight excluding hydrogens is 386 g/mol. The number of nitrogens with one attached hydrogen (secondary N) is 1. The molecule has 1 aromatic carbocycles. The van der Waals surface area contributed by atoms with Crippen LogP contribution in [0.5, 0.6) is 0 Å². The first-order chi connectivity index (χ1) is 13.6. The highest BCUT2D eigenvalue weighted by Gasteiger charge is 2.31. The molecule has 0 aliphatic carbocycles. The molecule has 3 aromatic rings. The minimum Gasteiger partial charge on any atom is -0.309 e. The van der Waals surface area contributed by atoms with Gasteiger partial charge < -0.3 is 9.72 Å². The number of carbonyl (C=O) groups excluding carboxylic acids is 1. The summed E-state index contributed by atoms with van der Waals surface area (Å²) in [5.74, 6) is -0.195. The number of anilines is 1. The Balaban J connectivity index is 1.91. The number of aromatic nitrogens is 2. The molecule has 2 aromatic heterocycles. The fourth-order valence-electron chi connectivity index (χ4n) is 2.99. The van der Waals surface area contributed by atoms with E-state index in [9.17, 15) is 22.4 Å². The third-order valence-electron chi connectivity index (χ3n) is 4.54. The molecule has 0 aliphatic rings. The third-order valence-corrected chi connectivity index (χ3v) is 4.54.